The molecular weight excluding hydrogens is 268 g/mol. The Bertz CT molecular complexity index is 621. The zero-order valence-electron chi connectivity index (χ0n) is 11.9. The van der Waals surface area contributed by atoms with E-state index >= 15 is 0 Å². The summed E-state index contributed by atoms with van der Waals surface area (Å²) in [5, 5.41) is 7.39. The Labute approximate surface area is 124 Å². The maximum atomic E-state index is 5.40. The van der Waals surface area contributed by atoms with Crippen molar-refractivity contribution in [2.24, 2.45) is 11.8 Å². The summed E-state index contributed by atoms with van der Waals surface area (Å²) in [7, 11) is 0. The Morgan fingerprint density at radius 1 is 1.15 bits per heavy atom. The van der Waals surface area contributed by atoms with Gasteiger partial charge in [0, 0.05) is 13.1 Å². The molecule has 0 spiro atoms. The smallest absolute Gasteiger partial charge is 0.230 e. The molecule has 4 nitrogen and oxygen atoms in total. The molecule has 0 amide bonds. The topological polar surface area (TPSA) is 36.9 Å². The molecule has 1 fully saturated rings. The van der Waals surface area contributed by atoms with Crippen molar-refractivity contribution in [2.45, 2.75) is 20.3 Å². The second-order valence-electron chi connectivity index (χ2n) is 5.85. The molecule has 2 heterocycles. The molecule has 1 N–H and O–H groups in total. The van der Waals surface area contributed by atoms with E-state index in [9.17, 15) is 0 Å². The van der Waals surface area contributed by atoms with Gasteiger partial charge in [0.2, 0.25) is 10.7 Å². The number of anilines is 1. The van der Waals surface area contributed by atoms with E-state index in [1.807, 2.05) is 22.8 Å². The number of piperidine rings is 1. The molecule has 0 radical (unpaired) electrons. The summed E-state index contributed by atoms with van der Waals surface area (Å²) in [5.74, 6) is 2.31. The number of nitrogens with zero attached hydrogens (tertiary/aromatic N) is 3. The highest BCUT2D eigenvalue weighted by molar-refractivity contribution is 7.71. The van der Waals surface area contributed by atoms with Gasteiger partial charge in [0.1, 0.15) is 0 Å². The second kappa shape index (κ2) is 5.40. The van der Waals surface area contributed by atoms with Crippen LogP contribution < -0.4 is 4.90 Å². The Morgan fingerprint density at radius 2 is 1.80 bits per heavy atom. The van der Waals surface area contributed by atoms with Gasteiger partial charge in [-0.25, -0.2) is 5.10 Å². The monoisotopic (exact) mass is 288 g/mol. The lowest BCUT2D eigenvalue weighted by Gasteiger charge is -2.35. The largest absolute Gasteiger partial charge is 0.340 e. The van der Waals surface area contributed by atoms with Crippen LogP contribution >= 0.6 is 12.2 Å². The Morgan fingerprint density at radius 3 is 2.45 bits per heavy atom. The number of hydrogen-bond donors (Lipinski definition) is 1. The molecule has 20 heavy (non-hydrogen) atoms. The van der Waals surface area contributed by atoms with Crippen molar-refractivity contribution >= 4 is 18.2 Å². The van der Waals surface area contributed by atoms with Crippen molar-refractivity contribution in [1.29, 1.82) is 0 Å². The van der Waals surface area contributed by atoms with Gasteiger partial charge in [-0.1, -0.05) is 32.0 Å². The van der Waals surface area contributed by atoms with Crippen LogP contribution in [0.1, 0.15) is 20.3 Å². The number of para-hydroxylation sites is 1. The summed E-state index contributed by atoms with van der Waals surface area (Å²) in [6, 6.07) is 10.2. The van der Waals surface area contributed by atoms with E-state index in [0.717, 1.165) is 24.7 Å². The Kier molecular flexibility index (Phi) is 3.61. The van der Waals surface area contributed by atoms with E-state index in [1.165, 1.54) is 6.42 Å². The zero-order valence-corrected chi connectivity index (χ0v) is 12.7. The lowest BCUT2D eigenvalue weighted by molar-refractivity contribution is 0.353. The summed E-state index contributed by atoms with van der Waals surface area (Å²) in [5.41, 5.74) is 1.06. The van der Waals surface area contributed by atoms with Crippen molar-refractivity contribution < 1.29 is 0 Å². The van der Waals surface area contributed by atoms with Gasteiger partial charge in [-0.3, -0.25) is 4.57 Å². The van der Waals surface area contributed by atoms with Crippen LogP contribution in [0.25, 0.3) is 5.69 Å². The van der Waals surface area contributed by atoms with Crippen LogP contribution in [0.5, 0.6) is 0 Å². The van der Waals surface area contributed by atoms with E-state index in [0.29, 0.717) is 16.6 Å². The predicted molar refractivity (Wildman–Crippen MR) is 83.9 cm³/mol. The fourth-order valence-corrected chi connectivity index (χ4v) is 3.37. The third-order valence-electron chi connectivity index (χ3n) is 3.82. The molecule has 2 aromatic rings. The highest BCUT2D eigenvalue weighted by atomic mass is 32.1. The van der Waals surface area contributed by atoms with Crippen LogP contribution in [-0.2, 0) is 0 Å². The molecule has 106 valence electrons. The van der Waals surface area contributed by atoms with Gasteiger partial charge in [-0.2, -0.15) is 0 Å². The number of benzene rings is 1. The summed E-state index contributed by atoms with van der Waals surface area (Å²) in [6.45, 7) is 6.68. The summed E-state index contributed by atoms with van der Waals surface area (Å²) in [4.78, 5) is 2.35. The van der Waals surface area contributed by atoms with Crippen LogP contribution in [-0.4, -0.2) is 27.9 Å². The fourth-order valence-electron chi connectivity index (χ4n) is 3.14. The molecule has 1 aromatic heterocycles. The Hall–Kier alpha value is -1.62. The summed E-state index contributed by atoms with van der Waals surface area (Å²) >= 11 is 5.40. The van der Waals surface area contributed by atoms with Crippen molar-refractivity contribution in [3.63, 3.8) is 0 Å². The van der Waals surface area contributed by atoms with Crippen molar-refractivity contribution in [3.8, 4) is 5.69 Å². The van der Waals surface area contributed by atoms with Crippen molar-refractivity contribution in [3.05, 3.63) is 35.1 Å². The molecule has 5 heteroatoms. The number of H-pyrrole nitrogens is 1. The third kappa shape index (κ3) is 2.50. The normalized spacial score (nSPS) is 23.0. The van der Waals surface area contributed by atoms with Gasteiger partial charge in [0.25, 0.3) is 0 Å². The minimum absolute atomic E-state index is 0.650. The summed E-state index contributed by atoms with van der Waals surface area (Å²) in [6.07, 6.45) is 1.28. The molecule has 0 saturated carbocycles. The zero-order chi connectivity index (χ0) is 14.1. The molecule has 1 saturated heterocycles. The second-order valence-corrected chi connectivity index (χ2v) is 6.24. The molecule has 1 aliphatic heterocycles. The number of rotatable bonds is 2. The van der Waals surface area contributed by atoms with Crippen LogP contribution in [0.3, 0.4) is 0 Å². The lowest BCUT2D eigenvalue weighted by atomic mass is 9.92. The first-order valence-corrected chi connectivity index (χ1v) is 7.53. The van der Waals surface area contributed by atoms with E-state index < -0.39 is 0 Å². The average Bonchev–Trinajstić information content (AvgIpc) is 2.80. The molecular formula is C15H20N4S. The fraction of sp³-hybridized carbons (Fsp3) is 0.467. The number of aromatic amines is 1. The number of aromatic nitrogens is 3. The molecule has 0 bridgehead atoms. The van der Waals surface area contributed by atoms with E-state index in [2.05, 4.69) is 41.1 Å². The highest BCUT2D eigenvalue weighted by Gasteiger charge is 2.25. The minimum Gasteiger partial charge on any atom is -0.340 e. The highest BCUT2D eigenvalue weighted by Crippen LogP contribution is 2.26. The molecule has 3 rings (SSSR count). The molecule has 1 aromatic carbocycles. The molecule has 2 atom stereocenters. The van der Waals surface area contributed by atoms with E-state index in [1.54, 1.807) is 0 Å². The number of nitrogens with one attached hydrogen (secondary N) is 1. The first kappa shape index (κ1) is 13.4. The summed E-state index contributed by atoms with van der Waals surface area (Å²) < 4.78 is 2.68. The third-order valence-corrected chi connectivity index (χ3v) is 4.09. The molecule has 2 unspecified atom stereocenters. The van der Waals surface area contributed by atoms with Crippen molar-refractivity contribution in [1.82, 2.24) is 14.8 Å². The van der Waals surface area contributed by atoms with Crippen LogP contribution in [0.4, 0.5) is 5.95 Å². The minimum atomic E-state index is 0.650. The average molecular weight is 288 g/mol. The van der Waals surface area contributed by atoms with Crippen LogP contribution in [0, 0.1) is 16.6 Å². The van der Waals surface area contributed by atoms with E-state index in [4.69, 9.17) is 12.2 Å². The number of hydrogen-bond acceptors (Lipinski definition) is 3. The van der Waals surface area contributed by atoms with Gasteiger partial charge in [-0.15, -0.1) is 5.10 Å². The quantitative estimate of drug-likeness (QED) is 0.860. The van der Waals surface area contributed by atoms with Crippen molar-refractivity contribution in [2.75, 3.05) is 18.0 Å². The van der Waals surface area contributed by atoms with Crippen LogP contribution in [0.2, 0.25) is 0 Å². The standard InChI is InChI=1S/C15H20N4S/c1-11-8-12(2)10-18(9-11)14-16-17-15(20)19(14)13-6-4-3-5-7-13/h3-7,11-12H,8-10H2,1-2H3,(H,17,20). The van der Waals surface area contributed by atoms with Gasteiger partial charge in [0.05, 0.1) is 5.69 Å². The Balaban J connectivity index is 2.01. The maximum absolute atomic E-state index is 5.40. The first-order chi connectivity index (χ1) is 9.65. The van der Waals surface area contributed by atoms with Crippen LogP contribution in [0.15, 0.2) is 30.3 Å². The first-order valence-electron chi connectivity index (χ1n) is 7.13. The van der Waals surface area contributed by atoms with Gasteiger partial charge in [-0.05, 0) is 42.6 Å². The SMILES string of the molecule is CC1CC(C)CN(c2n[nH]c(=S)n2-c2ccccc2)C1. The molecule has 0 aliphatic carbocycles. The maximum Gasteiger partial charge on any atom is 0.230 e. The molecule has 1 aliphatic rings. The van der Waals surface area contributed by atoms with Gasteiger partial charge < -0.3 is 4.90 Å². The van der Waals surface area contributed by atoms with Gasteiger partial charge >= 0.3 is 0 Å². The van der Waals surface area contributed by atoms with E-state index in [-0.39, 0.29) is 0 Å². The predicted octanol–water partition coefficient (Wildman–Crippen LogP) is 3.41. The lowest BCUT2D eigenvalue weighted by Crippen LogP contribution is -2.40. The van der Waals surface area contributed by atoms with Gasteiger partial charge in [0.15, 0.2) is 0 Å².